The highest BCUT2D eigenvalue weighted by Crippen LogP contribution is 2.04. The van der Waals surface area contributed by atoms with Crippen LogP contribution in [0.2, 0.25) is 0 Å². The summed E-state index contributed by atoms with van der Waals surface area (Å²) in [5, 5.41) is 25.8. The van der Waals surface area contributed by atoms with E-state index in [2.05, 4.69) is 0 Å². The molecule has 0 saturated heterocycles. The lowest BCUT2D eigenvalue weighted by Gasteiger charge is -2.17. The fourth-order valence-electron chi connectivity index (χ4n) is 1.60. The van der Waals surface area contributed by atoms with Crippen molar-refractivity contribution in [1.82, 2.24) is 4.90 Å². The molecule has 0 aromatic heterocycles. The molecule has 0 rings (SSSR count). The molecule has 0 spiro atoms. The normalized spacial score (nSPS) is 12.3. The van der Waals surface area contributed by atoms with Crippen molar-refractivity contribution in [2.45, 2.75) is 31.7 Å². The molecule has 0 saturated carbocycles. The summed E-state index contributed by atoms with van der Waals surface area (Å²) in [6.07, 6.45) is 2.25. The lowest BCUT2D eigenvalue weighted by molar-refractivity contribution is -0.142. The molecule has 0 amide bonds. The molecule has 0 bridgehead atoms. The second-order valence-corrected chi connectivity index (χ2v) is 4.29. The zero-order valence-electron chi connectivity index (χ0n) is 10.6. The van der Waals surface area contributed by atoms with Crippen LogP contribution in [0, 0.1) is 0 Å². The van der Waals surface area contributed by atoms with Gasteiger partial charge in [0.25, 0.3) is 0 Å². The molecule has 110 valence electrons. The molecule has 0 aliphatic carbocycles. The third-order valence-electron chi connectivity index (χ3n) is 2.52. The second-order valence-electron chi connectivity index (χ2n) is 4.29. The summed E-state index contributed by atoms with van der Waals surface area (Å²) in [6.45, 7) is -0.289. The van der Waals surface area contributed by atoms with Crippen LogP contribution in [-0.2, 0) is 14.4 Å². The smallest absolute Gasteiger partial charge is 0.320 e. The number of rotatable bonds is 11. The quantitative estimate of drug-likeness (QED) is 0.368. The summed E-state index contributed by atoms with van der Waals surface area (Å²) in [6, 6.07) is -0.880. The van der Waals surface area contributed by atoms with Gasteiger partial charge in [0.15, 0.2) is 0 Å². The topological polar surface area (TPSA) is 141 Å². The highest BCUT2D eigenvalue weighted by Gasteiger charge is 2.13. The van der Waals surface area contributed by atoms with Gasteiger partial charge in [-0.15, -0.1) is 0 Å². The number of carboxylic acid groups (broad SMARTS) is 3. The van der Waals surface area contributed by atoms with Crippen LogP contribution in [0.5, 0.6) is 0 Å². The molecule has 5 N–H and O–H groups in total. The van der Waals surface area contributed by atoms with Crippen molar-refractivity contribution in [2.75, 3.05) is 19.6 Å². The molecule has 0 heterocycles. The highest BCUT2D eigenvalue weighted by atomic mass is 16.4. The Kier molecular flexibility index (Phi) is 8.47. The molecule has 0 aromatic carbocycles. The number of nitrogens with zero attached hydrogens (tertiary/aromatic N) is 1. The standard InChI is InChI=1S/C11H20N2O6/c12-8(11(18)19)4-2-1-3-5-13(6-9(14)15)7-10(16)17/h8H,1-7,12H2,(H,14,15)(H,16,17)(H,18,19). The summed E-state index contributed by atoms with van der Waals surface area (Å²) < 4.78 is 0. The maximum absolute atomic E-state index is 10.5. The lowest BCUT2D eigenvalue weighted by Crippen LogP contribution is -2.35. The van der Waals surface area contributed by atoms with Crippen molar-refractivity contribution >= 4 is 17.9 Å². The predicted molar refractivity (Wildman–Crippen MR) is 65.8 cm³/mol. The van der Waals surface area contributed by atoms with Gasteiger partial charge >= 0.3 is 17.9 Å². The molecular weight excluding hydrogens is 256 g/mol. The Morgan fingerprint density at radius 3 is 1.89 bits per heavy atom. The molecule has 0 aromatic rings. The maximum Gasteiger partial charge on any atom is 0.320 e. The SMILES string of the molecule is NC(CCCCCN(CC(=O)O)CC(=O)O)C(=O)O. The zero-order chi connectivity index (χ0) is 14.8. The van der Waals surface area contributed by atoms with E-state index in [1.807, 2.05) is 0 Å². The maximum atomic E-state index is 10.5. The molecule has 8 nitrogen and oxygen atoms in total. The van der Waals surface area contributed by atoms with Crippen molar-refractivity contribution < 1.29 is 29.7 Å². The number of aliphatic carboxylic acids is 3. The third-order valence-corrected chi connectivity index (χ3v) is 2.52. The van der Waals surface area contributed by atoms with Crippen molar-refractivity contribution in [3.63, 3.8) is 0 Å². The Morgan fingerprint density at radius 2 is 1.47 bits per heavy atom. The fourth-order valence-corrected chi connectivity index (χ4v) is 1.60. The van der Waals surface area contributed by atoms with Gasteiger partial charge in [0, 0.05) is 0 Å². The summed E-state index contributed by atoms with van der Waals surface area (Å²) in [5.41, 5.74) is 5.32. The Bertz CT molecular complexity index is 304. The van der Waals surface area contributed by atoms with Crippen LogP contribution in [0.4, 0.5) is 0 Å². The monoisotopic (exact) mass is 276 g/mol. The van der Waals surface area contributed by atoms with Crippen molar-refractivity contribution in [3.05, 3.63) is 0 Å². The molecule has 0 radical (unpaired) electrons. The van der Waals surface area contributed by atoms with Gasteiger partial charge in [-0.3, -0.25) is 19.3 Å². The number of hydrogen-bond acceptors (Lipinski definition) is 5. The molecule has 19 heavy (non-hydrogen) atoms. The number of hydrogen-bond donors (Lipinski definition) is 4. The largest absolute Gasteiger partial charge is 0.480 e. The van der Waals surface area contributed by atoms with Crippen molar-refractivity contribution in [3.8, 4) is 0 Å². The minimum absolute atomic E-state index is 0.319. The summed E-state index contributed by atoms with van der Waals surface area (Å²) in [4.78, 5) is 32.8. The molecule has 1 unspecified atom stereocenters. The van der Waals surface area contributed by atoms with E-state index in [-0.39, 0.29) is 13.1 Å². The Morgan fingerprint density at radius 1 is 0.947 bits per heavy atom. The summed E-state index contributed by atoms with van der Waals surface area (Å²) >= 11 is 0. The van der Waals surface area contributed by atoms with Crippen molar-refractivity contribution in [2.24, 2.45) is 5.73 Å². The third kappa shape index (κ3) is 9.98. The average molecular weight is 276 g/mol. The van der Waals surface area contributed by atoms with Crippen molar-refractivity contribution in [1.29, 1.82) is 0 Å². The Balaban J connectivity index is 3.83. The fraction of sp³-hybridized carbons (Fsp3) is 0.727. The summed E-state index contributed by atoms with van der Waals surface area (Å²) in [5.74, 6) is -3.19. The van der Waals surface area contributed by atoms with E-state index in [1.54, 1.807) is 0 Å². The number of nitrogens with two attached hydrogens (primary N) is 1. The Labute approximate surface area is 110 Å². The first kappa shape index (κ1) is 17.3. The van der Waals surface area contributed by atoms with Crippen LogP contribution in [0.3, 0.4) is 0 Å². The molecule has 0 fully saturated rings. The first-order valence-corrected chi connectivity index (χ1v) is 5.97. The second kappa shape index (κ2) is 9.29. The number of carbonyl (C=O) groups is 3. The molecule has 0 aliphatic heterocycles. The van der Waals surface area contributed by atoms with Gasteiger partial charge in [0.2, 0.25) is 0 Å². The van der Waals surface area contributed by atoms with Gasteiger partial charge < -0.3 is 21.1 Å². The number of carboxylic acids is 3. The van der Waals surface area contributed by atoms with Gasteiger partial charge in [-0.25, -0.2) is 0 Å². The molecule has 8 heteroatoms. The van der Waals surface area contributed by atoms with Gasteiger partial charge in [0.1, 0.15) is 6.04 Å². The van der Waals surface area contributed by atoms with Gasteiger partial charge in [-0.1, -0.05) is 12.8 Å². The zero-order valence-corrected chi connectivity index (χ0v) is 10.6. The van der Waals surface area contributed by atoms with Gasteiger partial charge in [0.05, 0.1) is 13.1 Å². The Hall–Kier alpha value is -1.67. The van der Waals surface area contributed by atoms with E-state index in [4.69, 9.17) is 21.1 Å². The highest BCUT2D eigenvalue weighted by molar-refractivity contribution is 5.73. The predicted octanol–water partition coefficient (Wildman–Crippen LogP) is -0.570. The molecule has 1 atom stereocenters. The van der Waals surface area contributed by atoms with E-state index in [0.29, 0.717) is 32.2 Å². The van der Waals surface area contributed by atoms with E-state index < -0.39 is 23.9 Å². The van der Waals surface area contributed by atoms with Crippen LogP contribution in [-0.4, -0.2) is 63.8 Å². The molecular formula is C11H20N2O6. The first-order valence-electron chi connectivity index (χ1n) is 5.97. The number of unbranched alkanes of at least 4 members (excludes halogenated alkanes) is 2. The van der Waals surface area contributed by atoms with E-state index in [0.717, 1.165) is 0 Å². The minimum atomic E-state index is -1.07. The van der Waals surface area contributed by atoms with E-state index in [9.17, 15) is 14.4 Å². The van der Waals surface area contributed by atoms with E-state index >= 15 is 0 Å². The van der Waals surface area contributed by atoms with Gasteiger partial charge in [-0.05, 0) is 19.4 Å². The lowest BCUT2D eigenvalue weighted by atomic mass is 10.1. The first-order chi connectivity index (χ1) is 8.82. The van der Waals surface area contributed by atoms with Crippen LogP contribution in [0.1, 0.15) is 25.7 Å². The van der Waals surface area contributed by atoms with Crippen LogP contribution in [0.25, 0.3) is 0 Å². The van der Waals surface area contributed by atoms with Crippen LogP contribution in [0.15, 0.2) is 0 Å². The molecule has 0 aliphatic rings. The van der Waals surface area contributed by atoms with Crippen LogP contribution < -0.4 is 5.73 Å². The van der Waals surface area contributed by atoms with Gasteiger partial charge in [-0.2, -0.15) is 0 Å². The van der Waals surface area contributed by atoms with E-state index in [1.165, 1.54) is 4.90 Å². The van der Waals surface area contributed by atoms with Crippen LogP contribution >= 0.6 is 0 Å². The minimum Gasteiger partial charge on any atom is -0.480 e. The average Bonchev–Trinajstić information content (AvgIpc) is 2.26. The summed E-state index contributed by atoms with van der Waals surface area (Å²) in [7, 11) is 0.